The number of benzene rings is 3. The third-order valence-corrected chi connectivity index (χ3v) is 4.70. The number of carbonyl (C=O) groups excluding carboxylic acids is 1. The summed E-state index contributed by atoms with van der Waals surface area (Å²) in [5.41, 5.74) is 5.01. The Hall–Kier alpha value is -3.86. The van der Waals surface area contributed by atoms with Crippen LogP contribution in [0.5, 0.6) is 5.75 Å². The number of hydrogen-bond acceptors (Lipinski definition) is 4. The lowest BCUT2D eigenvalue weighted by Gasteiger charge is -2.04. The third-order valence-electron chi connectivity index (χ3n) is 4.70. The van der Waals surface area contributed by atoms with E-state index < -0.39 is 0 Å². The van der Waals surface area contributed by atoms with Crippen molar-refractivity contribution in [3.05, 3.63) is 83.9 Å². The highest BCUT2D eigenvalue weighted by Gasteiger charge is 2.09. The van der Waals surface area contributed by atoms with Gasteiger partial charge in [-0.25, -0.2) is 4.98 Å². The number of ether oxygens (including phenoxy) is 1. The number of rotatable bonds is 7. The topological polar surface area (TPSA) is 64.4 Å². The lowest BCUT2D eigenvalue weighted by molar-refractivity contribution is -0.111. The molecule has 1 amide bonds. The third kappa shape index (κ3) is 5.20. The molecule has 0 fully saturated rings. The molecule has 0 spiro atoms. The summed E-state index contributed by atoms with van der Waals surface area (Å²) in [5, 5.41) is 2.86. The van der Waals surface area contributed by atoms with Crippen molar-refractivity contribution < 1.29 is 13.9 Å². The fourth-order valence-corrected chi connectivity index (χ4v) is 3.15. The standard InChI is InChI=1S/C26H24N2O3/c1-3-15-30-22-11-7-19(8-12-22)9-14-25(29)27-21-10-13-23-24(17-21)31-26(28-23)20-6-4-5-18(2)16-20/h4-14,16-17H,3,15H2,1-2H3,(H,27,29)/b14-9+. The predicted molar refractivity (Wildman–Crippen MR) is 124 cm³/mol. The molecule has 0 aliphatic carbocycles. The SMILES string of the molecule is CCCOc1ccc(/C=C/C(=O)Nc2ccc3nc(-c4cccc(C)c4)oc3c2)cc1. The van der Waals surface area contributed by atoms with Crippen LogP contribution in [0.3, 0.4) is 0 Å². The minimum atomic E-state index is -0.218. The second-order valence-corrected chi connectivity index (χ2v) is 7.31. The molecule has 1 aromatic heterocycles. The minimum absolute atomic E-state index is 0.218. The number of amides is 1. The zero-order valence-corrected chi connectivity index (χ0v) is 17.6. The molecular weight excluding hydrogens is 388 g/mol. The van der Waals surface area contributed by atoms with E-state index in [2.05, 4.69) is 17.2 Å². The van der Waals surface area contributed by atoms with Gasteiger partial charge in [0, 0.05) is 23.4 Å². The quantitative estimate of drug-likeness (QED) is 0.365. The van der Waals surface area contributed by atoms with Crippen LogP contribution in [0.2, 0.25) is 0 Å². The van der Waals surface area contributed by atoms with Crippen molar-refractivity contribution in [1.29, 1.82) is 0 Å². The van der Waals surface area contributed by atoms with Crippen molar-refractivity contribution >= 4 is 28.8 Å². The Labute approximate surface area is 181 Å². The van der Waals surface area contributed by atoms with Crippen molar-refractivity contribution in [2.45, 2.75) is 20.3 Å². The molecule has 0 aliphatic heterocycles. The molecule has 0 saturated carbocycles. The Kier molecular flexibility index (Phi) is 6.13. The zero-order valence-electron chi connectivity index (χ0n) is 17.6. The van der Waals surface area contributed by atoms with Crippen molar-refractivity contribution in [1.82, 2.24) is 4.98 Å². The molecule has 31 heavy (non-hydrogen) atoms. The fraction of sp³-hybridized carbons (Fsp3) is 0.154. The number of hydrogen-bond donors (Lipinski definition) is 1. The number of fused-ring (bicyclic) bond motifs is 1. The molecule has 3 aromatic carbocycles. The van der Waals surface area contributed by atoms with E-state index in [9.17, 15) is 4.79 Å². The molecule has 156 valence electrons. The maximum Gasteiger partial charge on any atom is 0.248 e. The van der Waals surface area contributed by atoms with Crippen molar-refractivity contribution in [2.75, 3.05) is 11.9 Å². The Bertz CT molecular complexity index is 1220. The Morgan fingerprint density at radius 3 is 2.71 bits per heavy atom. The van der Waals surface area contributed by atoms with Crippen LogP contribution in [0.1, 0.15) is 24.5 Å². The molecule has 0 atom stereocenters. The Morgan fingerprint density at radius 1 is 1.10 bits per heavy atom. The first-order valence-corrected chi connectivity index (χ1v) is 10.3. The second kappa shape index (κ2) is 9.30. The van der Waals surface area contributed by atoms with Gasteiger partial charge in [-0.05, 0) is 61.4 Å². The van der Waals surface area contributed by atoms with Gasteiger partial charge < -0.3 is 14.5 Å². The average Bonchev–Trinajstić information content (AvgIpc) is 3.20. The van der Waals surface area contributed by atoms with Gasteiger partial charge in [0.05, 0.1) is 6.61 Å². The highest BCUT2D eigenvalue weighted by atomic mass is 16.5. The summed E-state index contributed by atoms with van der Waals surface area (Å²) in [6.45, 7) is 4.79. The first-order valence-electron chi connectivity index (χ1n) is 10.3. The van der Waals surface area contributed by atoms with Gasteiger partial charge in [-0.3, -0.25) is 4.79 Å². The minimum Gasteiger partial charge on any atom is -0.494 e. The summed E-state index contributed by atoms with van der Waals surface area (Å²) < 4.78 is 11.5. The molecule has 5 heteroatoms. The van der Waals surface area contributed by atoms with Crippen LogP contribution in [0, 0.1) is 6.92 Å². The van der Waals surface area contributed by atoms with Gasteiger partial charge in [0.2, 0.25) is 11.8 Å². The normalized spacial score (nSPS) is 11.2. The van der Waals surface area contributed by atoms with E-state index in [1.807, 2.05) is 67.6 Å². The maximum atomic E-state index is 12.3. The molecule has 5 nitrogen and oxygen atoms in total. The number of aryl methyl sites for hydroxylation is 1. The summed E-state index contributed by atoms with van der Waals surface area (Å²) in [4.78, 5) is 16.9. The number of carbonyl (C=O) groups is 1. The average molecular weight is 412 g/mol. The highest BCUT2D eigenvalue weighted by Crippen LogP contribution is 2.26. The molecule has 0 radical (unpaired) electrons. The van der Waals surface area contributed by atoms with Gasteiger partial charge in [-0.2, -0.15) is 0 Å². The van der Waals surface area contributed by atoms with Gasteiger partial charge >= 0.3 is 0 Å². The van der Waals surface area contributed by atoms with E-state index >= 15 is 0 Å². The predicted octanol–water partition coefficient (Wildman–Crippen LogP) is 6.24. The van der Waals surface area contributed by atoms with Crippen LogP contribution in [0.15, 0.2) is 77.2 Å². The molecule has 4 rings (SSSR count). The van der Waals surface area contributed by atoms with Crippen LogP contribution in [0.25, 0.3) is 28.6 Å². The van der Waals surface area contributed by atoms with Crippen LogP contribution in [0.4, 0.5) is 5.69 Å². The lowest BCUT2D eigenvalue weighted by atomic mass is 10.1. The monoisotopic (exact) mass is 412 g/mol. The van der Waals surface area contributed by atoms with Crippen LogP contribution in [-0.4, -0.2) is 17.5 Å². The molecule has 1 heterocycles. The molecule has 0 saturated heterocycles. The number of nitrogens with one attached hydrogen (secondary N) is 1. The van der Waals surface area contributed by atoms with E-state index in [-0.39, 0.29) is 5.91 Å². The first-order chi connectivity index (χ1) is 15.1. The smallest absolute Gasteiger partial charge is 0.248 e. The first kappa shape index (κ1) is 20.4. The maximum absolute atomic E-state index is 12.3. The van der Waals surface area contributed by atoms with E-state index in [1.54, 1.807) is 12.1 Å². The van der Waals surface area contributed by atoms with E-state index in [0.29, 0.717) is 23.8 Å². The fourth-order valence-electron chi connectivity index (χ4n) is 3.15. The van der Waals surface area contributed by atoms with Crippen LogP contribution < -0.4 is 10.1 Å². The van der Waals surface area contributed by atoms with Crippen LogP contribution >= 0.6 is 0 Å². The van der Waals surface area contributed by atoms with Crippen LogP contribution in [-0.2, 0) is 4.79 Å². The van der Waals surface area contributed by atoms with Gasteiger partial charge in [0.25, 0.3) is 0 Å². The van der Waals surface area contributed by atoms with Gasteiger partial charge in [-0.1, -0.05) is 36.8 Å². The van der Waals surface area contributed by atoms with Crippen molar-refractivity contribution in [3.63, 3.8) is 0 Å². The lowest BCUT2D eigenvalue weighted by Crippen LogP contribution is -2.07. The number of nitrogens with zero attached hydrogens (tertiary/aromatic N) is 1. The Morgan fingerprint density at radius 2 is 1.94 bits per heavy atom. The second-order valence-electron chi connectivity index (χ2n) is 7.31. The molecule has 4 aromatic rings. The Balaban J connectivity index is 1.43. The van der Waals surface area contributed by atoms with Crippen molar-refractivity contribution in [2.24, 2.45) is 0 Å². The van der Waals surface area contributed by atoms with Gasteiger partial charge in [-0.15, -0.1) is 0 Å². The largest absolute Gasteiger partial charge is 0.494 e. The zero-order chi connectivity index (χ0) is 21.6. The van der Waals surface area contributed by atoms with E-state index in [0.717, 1.165) is 34.4 Å². The summed E-state index contributed by atoms with van der Waals surface area (Å²) in [6, 6.07) is 21.1. The molecular formula is C26H24N2O3. The summed E-state index contributed by atoms with van der Waals surface area (Å²) in [6.07, 6.45) is 4.24. The highest BCUT2D eigenvalue weighted by molar-refractivity contribution is 6.02. The summed E-state index contributed by atoms with van der Waals surface area (Å²) in [7, 11) is 0. The number of aromatic nitrogens is 1. The summed E-state index contributed by atoms with van der Waals surface area (Å²) >= 11 is 0. The number of anilines is 1. The van der Waals surface area contributed by atoms with Gasteiger partial charge in [0.15, 0.2) is 5.58 Å². The van der Waals surface area contributed by atoms with Crippen molar-refractivity contribution in [3.8, 4) is 17.2 Å². The summed E-state index contributed by atoms with van der Waals surface area (Å²) in [5.74, 6) is 1.17. The molecule has 1 N–H and O–H groups in total. The van der Waals surface area contributed by atoms with Gasteiger partial charge in [0.1, 0.15) is 11.3 Å². The molecule has 0 unspecified atom stereocenters. The number of oxazole rings is 1. The van der Waals surface area contributed by atoms with E-state index in [1.165, 1.54) is 6.08 Å². The molecule has 0 aliphatic rings. The molecule has 0 bridgehead atoms. The van der Waals surface area contributed by atoms with E-state index in [4.69, 9.17) is 9.15 Å².